The van der Waals surface area contributed by atoms with Crippen LogP contribution < -0.4 is 5.32 Å². The Kier molecular flexibility index (Phi) is 3.49. The summed E-state index contributed by atoms with van der Waals surface area (Å²) in [6.45, 7) is 3.93. The molecule has 5 heteroatoms. The van der Waals surface area contributed by atoms with Crippen molar-refractivity contribution in [1.82, 2.24) is 9.97 Å². The van der Waals surface area contributed by atoms with Gasteiger partial charge in [0.15, 0.2) is 5.13 Å². The second kappa shape index (κ2) is 5.05. The van der Waals surface area contributed by atoms with Gasteiger partial charge in [0.25, 0.3) is 0 Å². The molecule has 88 valence electrons. The average Bonchev–Trinajstić information content (AvgIpc) is 2.59. The molecule has 0 aliphatic heterocycles. The maximum absolute atomic E-state index is 11.7. The molecule has 0 saturated heterocycles. The molecule has 0 radical (unpaired) electrons. The van der Waals surface area contributed by atoms with Crippen molar-refractivity contribution in [3.63, 3.8) is 0 Å². The highest BCUT2D eigenvalue weighted by Crippen LogP contribution is 2.21. The number of thiazole rings is 1. The Morgan fingerprint density at radius 3 is 2.65 bits per heavy atom. The fraction of sp³-hybridized carbons (Fsp3) is 0.250. The van der Waals surface area contributed by atoms with Crippen LogP contribution in [0.3, 0.4) is 0 Å². The minimum absolute atomic E-state index is 0.0510. The van der Waals surface area contributed by atoms with Crippen LogP contribution in [0.15, 0.2) is 24.5 Å². The number of anilines is 1. The SMILES string of the molecule is Cc1nc(NC(=O)Cc2ccncc2)sc1C. The predicted molar refractivity (Wildman–Crippen MR) is 68.2 cm³/mol. The highest BCUT2D eigenvalue weighted by molar-refractivity contribution is 7.15. The molecule has 1 N–H and O–H groups in total. The van der Waals surface area contributed by atoms with Gasteiger partial charge in [-0.15, -0.1) is 11.3 Å². The molecule has 0 aliphatic carbocycles. The minimum atomic E-state index is -0.0510. The summed E-state index contributed by atoms with van der Waals surface area (Å²) in [6.07, 6.45) is 3.71. The third-order valence-electron chi connectivity index (χ3n) is 2.39. The van der Waals surface area contributed by atoms with E-state index < -0.39 is 0 Å². The van der Waals surface area contributed by atoms with Gasteiger partial charge in [-0.2, -0.15) is 0 Å². The van der Waals surface area contributed by atoms with E-state index >= 15 is 0 Å². The standard InChI is InChI=1S/C12H13N3OS/c1-8-9(2)17-12(14-8)15-11(16)7-10-3-5-13-6-4-10/h3-6H,7H2,1-2H3,(H,14,15,16). The number of carbonyl (C=O) groups is 1. The maximum Gasteiger partial charge on any atom is 0.230 e. The fourth-order valence-electron chi connectivity index (χ4n) is 1.38. The summed E-state index contributed by atoms with van der Waals surface area (Å²) in [4.78, 5) is 21.0. The molecule has 2 rings (SSSR count). The average molecular weight is 247 g/mol. The van der Waals surface area contributed by atoms with Crippen molar-refractivity contribution < 1.29 is 4.79 Å². The van der Waals surface area contributed by atoms with E-state index in [0.717, 1.165) is 16.1 Å². The molecule has 0 spiro atoms. The first kappa shape index (κ1) is 11.7. The van der Waals surface area contributed by atoms with Gasteiger partial charge in [0.2, 0.25) is 5.91 Å². The Bertz CT molecular complexity index is 502. The smallest absolute Gasteiger partial charge is 0.230 e. The largest absolute Gasteiger partial charge is 0.302 e. The van der Waals surface area contributed by atoms with Crippen molar-refractivity contribution in [2.45, 2.75) is 20.3 Å². The Hall–Kier alpha value is -1.75. The molecule has 2 aromatic heterocycles. The van der Waals surface area contributed by atoms with E-state index in [1.54, 1.807) is 12.4 Å². The van der Waals surface area contributed by atoms with Gasteiger partial charge in [-0.25, -0.2) is 4.98 Å². The Labute approximate surface area is 104 Å². The maximum atomic E-state index is 11.7. The van der Waals surface area contributed by atoms with Crippen molar-refractivity contribution in [3.8, 4) is 0 Å². The molecule has 0 aromatic carbocycles. The molecule has 2 aromatic rings. The topological polar surface area (TPSA) is 54.9 Å². The Morgan fingerprint density at radius 1 is 1.35 bits per heavy atom. The van der Waals surface area contributed by atoms with Gasteiger partial charge in [-0.1, -0.05) is 0 Å². The van der Waals surface area contributed by atoms with Crippen molar-refractivity contribution >= 4 is 22.4 Å². The van der Waals surface area contributed by atoms with Gasteiger partial charge in [-0.05, 0) is 31.5 Å². The van der Waals surface area contributed by atoms with Gasteiger partial charge >= 0.3 is 0 Å². The van der Waals surface area contributed by atoms with Crippen LogP contribution in [0, 0.1) is 13.8 Å². The lowest BCUT2D eigenvalue weighted by Gasteiger charge is -2.01. The van der Waals surface area contributed by atoms with Crippen LogP contribution in [0.4, 0.5) is 5.13 Å². The number of amides is 1. The summed E-state index contributed by atoms with van der Waals surface area (Å²) in [6, 6.07) is 3.66. The van der Waals surface area contributed by atoms with Crippen molar-refractivity contribution in [1.29, 1.82) is 0 Å². The number of aromatic nitrogens is 2. The molecule has 0 fully saturated rings. The summed E-state index contributed by atoms with van der Waals surface area (Å²) in [5, 5.41) is 3.47. The van der Waals surface area contributed by atoms with Gasteiger partial charge in [0, 0.05) is 17.3 Å². The van der Waals surface area contributed by atoms with Crippen LogP contribution in [0.1, 0.15) is 16.1 Å². The normalized spacial score (nSPS) is 10.2. The quantitative estimate of drug-likeness (QED) is 0.905. The summed E-state index contributed by atoms with van der Waals surface area (Å²) >= 11 is 1.50. The molecule has 0 saturated carbocycles. The second-order valence-electron chi connectivity index (χ2n) is 3.74. The Morgan fingerprint density at radius 2 is 2.06 bits per heavy atom. The number of hydrogen-bond donors (Lipinski definition) is 1. The number of rotatable bonds is 3. The van der Waals surface area contributed by atoms with Crippen LogP contribution in [0.2, 0.25) is 0 Å². The molecule has 4 nitrogen and oxygen atoms in total. The molecule has 1 amide bonds. The van der Waals surface area contributed by atoms with E-state index in [9.17, 15) is 4.79 Å². The van der Waals surface area contributed by atoms with E-state index in [1.807, 2.05) is 26.0 Å². The molecule has 0 bridgehead atoms. The number of hydrogen-bond acceptors (Lipinski definition) is 4. The number of carbonyl (C=O) groups excluding carboxylic acids is 1. The third kappa shape index (κ3) is 3.10. The van der Waals surface area contributed by atoms with Gasteiger partial charge in [-0.3, -0.25) is 9.78 Å². The molecule has 0 aliphatic rings. The molecular weight excluding hydrogens is 234 g/mol. The first-order chi connectivity index (χ1) is 8.15. The molecule has 0 atom stereocenters. The summed E-state index contributed by atoms with van der Waals surface area (Å²) in [5.74, 6) is -0.0510. The molecule has 17 heavy (non-hydrogen) atoms. The van der Waals surface area contributed by atoms with E-state index in [2.05, 4.69) is 15.3 Å². The summed E-state index contributed by atoms with van der Waals surface area (Å²) in [5.41, 5.74) is 1.91. The van der Waals surface area contributed by atoms with Gasteiger partial charge < -0.3 is 5.32 Å². The van der Waals surface area contributed by atoms with Crippen LogP contribution in [0.5, 0.6) is 0 Å². The molecule has 2 heterocycles. The lowest BCUT2D eigenvalue weighted by Crippen LogP contribution is -2.14. The van der Waals surface area contributed by atoms with E-state index in [-0.39, 0.29) is 5.91 Å². The number of aryl methyl sites for hydroxylation is 2. The monoisotopic (exact) mass is 247 g/mol. The number of nitrogens with one attached hydrogen (secondary N) is 1. The minimum Gasteiger partial charge on any atom is -0.302 e. The predicted octanol–water partition coefficient (Wildman–Crippen LogP) is 2.34. The van der Waals surface area contributed by atoms with Crippen LogP contribution in [-0.2, 0) is 11.2 Å². The van der Waals surface area contributed by atoms with E-state index in [0.29, 0.717) is 11.6 Å². The number of nitrogens with zero attached hydrogens (tertiary/aromatic N) is 2. The molecular formula is C12H13N3OS. The summed E-state index contributed by atoms with van der Waals surface area (Å²) < 4.78 is 0. The number of pyridine rings is 1. The second-order valence-corrected chi connectivity index (χ2v) is 4.94. The van der Waals surface area contributed by atoms with Crippen molar-refractivity contribution in [3.05, 3.63) is 40.7 Å². The van der Waals surface area contributed by atoms with E-state index in [4.69, 9.17) is 0 Å². The van der Waals surface area contributed by atoms with E-state index in [1.165, 1.54) is 11.3 Å². The first-order valence-corrected chi connectivity index (χ1v) is 6.09. The molecule has 0 unspecified atom stereocenters. The zero-order chi connectivity index (χ0) is 12.3. The van der Waals surface area contributed by atoms with Gasteiger partial charge in [0.1, 0.15) is 0 Å². The third-order valence-corrected chi connectivity index (χ3v) is 3.38. The lowest BCUT2D eigenvalue weighted by molar-refractivity contribution is -0.115. The zero-order valence-electron chi connectivity index (χ0n) is 9.73. The lowest BCUT2D eigenvalue weighted by atomic mass is 10.2. The van der Waals surface area contributed by atoms with Crippen molar-refractivity contribution in [2.75, 3.05) is 5.32 Å². The first-order valence-electron chi connectivity index (χ1n) is 5.28. The van der Waals surface area contributed by atoms with Crippen molar-refractivity contribution in [2.24, 2.45) is 0 Å². The summed E-state index contributed by atoms with van der Waals surface area (Å²) in [7, 11) is 0. The van der Waals surface area contributed by atoms with Crippen LogP contribution in [-0.4, -0.2) is 15.9 Å². The fourth-order valence-corrected chi connectivity index (χ4v) is 2.21. The highest BCUT2D eigenvalue weighted by Gasteiger charge is 2.08. The Balaban J connectivity index is 1.98. The zero-order valence-corrected chi connectivity index (χ0v) is 10.5. The van der Waals surface area contributed by atoms with Crippen LogP contribution in [0.25, 0.3) is 0 Å². The highest BCUT2D eigenvalue weighted by atomic mass is 32.1. The van der Waals surface area contributed by atoms with Gasteiger partial charge in [0.05, 0.1) is 12.1 Å². The van der Waals surface area contributed by atoms with Crippen LogP contribution >= 0.6 is 11.3 Å².